The monoisotopic (exact) mass is 277 g/mol. The number of anilines is 2. The Labute approximate surface area is 122 Å². The van der Waals surface area contributed by atoms with Crippen LogP contribution in [-0.4, -0.2) is 42.7 Å². The molecule has 0 aromatic carbocycles. The van der Waals surface area contributed by atoms with Gasteiger partial charge in [0.25, 0.3) is 0 Å². The Morgan fingerprint density at radius 2 is 1.95 bits per heavy atom. The topological polar surface area (TPSA) is 53.1 Å². The molecule has 0 aliphatic carbocycles. The summed E-state index contributed by atoms with van der Waals surface area (Å²) in [4.78, 5) is 11.9. The van der Waals surface area contributed by atoms with Crippen molar-refractivity contribution in [2.24, 2.45) is 0 Å². The summed E-state index contributed by atoms with van der Waals surface area (Å²) in [5.74, 6) is 3.38. The number of nitrogens with one attached hydrogen (secondary N) is 2. The molecule has 0 amide bonds. The van der Waals surface area contributed by atoms with E-state index in [0.29, 0.717) is 5.92 Å². The first-order valence-electron chi connectivity index (χ1n) is 7.71. The Kier molecular flexibility index (Phi) is 5.17. The predicted octanol–water partition coefficient (Wildman–Crippen LogP) is 2.14. The number of rotatable bonds is 5. The maximum atomic E-state index is 4.81. The predicted molar refractivity (Wildman–Crippen MR) is 84.7 cm³/mol. The quantitative estimate of drug-likeness (QED) is 0.863. The molecule has 0 saturated carbocycles. The first-order valence-corrected chi connectivity index (χ1v) is 7.71. The molecule has 2 N–H and O–H groups in total. The minimum absolute atomic E-state index is 0.347. The van der Waals surface area contributed by atoms with Gasteiger partial charge in [-0.05, 0) is 13.3 Å². The van der Waals surface area contributed by atoms with E-state index in [0.717, 1.165) is 56.6 Å². The van der Waals surface area contributed by atoms with E-state index >= 15 is 0 Å². The van der Waals surface area contributed by atoms with Gasteiger partial charge in [-0.3, -0.25) is 0 Å². The van der Waals surface area contributed by atoms with E-state index in [2.05, 4.69) is 43.2 Å². The maximum absolute atomic E-state index is 4.81. The van der Waals surface area contributed by atoms with Gasteiger partial charge in [0.1, 0.15) is 17.5 Å². The van der Waals surface area contributed by atoms with Crippen LogP contribution in [0.25, 0.3) is 0 Å². The van der Waals surface area contributed by atoms with Gasteiger partial charge in [0.2, 0.25) is 0 Å². The Bertz CT molecular complexity index is 438. The largest absolute Gasteiger partial charge is 0.370 e. The highest BCUT2D eigenvalue weighted by Gasteiger charge is 2.19. The summed E-state index contributed by atoms with van der Waals surface area (Å²) in [6.07, 6.45) is 1.10. The molecular formula is C15H27N5. The van der Waals surface area contributed by atoms with Crippen molar-refractivity contribution in [3.05, 3.63) is 11.4 Å². The Hall–Kier alpha value is -1.36. The Morgan fingerprint density at radius 3 is 2.55 bits per heavy atom. The fourth-order valence-corrected chi connectivity index (χ4v) is 2.38. The zero-order valence-electron chi connectivity index (χ0n) is 13.2. The highest BCUT2D eigenvalue weighted by atomic mass is 15.2. The summed E-state index contributed by atoms with van der Waals surface area (Å²) in [6, 6.07) is 0. The van der Waals surface area contributed by atoms with Gasteiger partial charge in [-0.25, -0.2) is 9.97 Å². The van der Waals surface area contributed by atoms with Crippen LogP contribution < -0.4 is 15.5 Å². The van der Waals surface area contributed by atoms with Gasteiger partial charge in [-0.2, -0.15) is 0 Å². The van der Waals surface area contributed by atoms with Gasteiger partial charge in [0.15, 0.2) is 0 Å². The standard InChI is InChI=1S/C15H27N5/c1-5-6-17-14-12(4)15(19-13(18-14)11(2)3)20-9-7-16-8-10-20/h11,16H,5-10H2,1-4H3,(H,17,18,19). The number of hydrogen-bond donors (Lipinski definition) is 2. The lowest BCUT2D eigenvalue weighted by Gasteiger charge is -2.30. The van der Waals surface area contributed by atoms with Crippen molar-refractivity contribution < 1.29 is 0 Å². The van der Waals surface area contributed by atoms with E-state index in [4.69, 9.17) is 9.97 Å². The van der Waals surface area contributed by atoms with E-state index in [-0.39, 0.29) is 0 Å². The van der Waals surface area contributed by atoms with E-state index in [1.54, 1.807) is 0 Å². The van der Waals surface area contributed by atoms with E-state index < -0.39 is 0 Å². The molecule has 1 aliphatic heterocycles. The minimum Gasteiger partial charge on any atom is -0.370 e. The van der Waals surface area contributed by atoms with Crippen LogP contribution >= 0.6 is 0 Å². The molecule has 0 radical (unpaired) electrons. The van der Waals surface area contributed by atoms with Crippen molar-refractivity contribution in [2.45, 2.75) is 40.0 Å². The smallest absolute Gasteiger partial charge is 0.137 e. The van der Waals surface area contributed by atoms with Crippen LogP contribution in [-0.2, 0) is 0 Å². The molecule has 1 saturated heterocycles. The second-order valence-electron chi connectivity index (χ2n) is 5.70. The third-order valence-corrected chi connectivity index (χ3v) is 3.61. The van der Waals surface area contributed by atoms with Crippen molar-refractivity contribution >= 4 is 11.6 Å². The molecule has 0 unspecified atom stereocenters. The molecule has 2 heterocycles. The SMILES string of the molecule is CCCNc1nc(C(C)C)nc(N2CCNCC2)c1C. The lowest BCUT2D eigenvalue weighted by atomic mass is 10.2. The Morgan fingerprint density at radius 1 is 1.25 bits per heavy atom. The van der Waals surface area contributed by atoms with E-state index in [1.807, 2.05) is 0 Å². The number of nitrogens with zero attached hydrogens (tertiary/aromatic N) is 3. The molecule has 1 aromatic rings. The number of hydrogen-bond acceptors (Lipinski definition) is 5. The van der Waals surface area contributed by atoms with Gasteiger partial charge >= 0.3 is 0 Å². The molecule has 1 fully saturated rings. The van der Waals surface area contributed by atoms with Crippen LogP contribution in [0, 0.1) is 6.92 Å². The fraction of sp³-hybridized carbons (Fsp3) is 0.733. The molecule has 20 heavy (non-hydrogen) atoms. The van der Waals surface area contributed by atoms with Crippen LogP contribution in [0.2, 0.25) is 0 Å². The molecular weight excluding hydrogens is 250 g/mol. The zero-order valence-corrected chi connectivity index (χ0v) is 13.2. The van der Waals surface area contributed by atoms with Gasteiger partial charge in [-0.15, -0.1) is 0 Å². The molecule has 1 aromatic heterocycles. The first-order chi connectivity index (χ1) is 9.63. The van der Waals surface area contributed by atoms with Crippen LogP contribution in [0.5, 0.6) is 0 Å². The lowest BCUT2D eigenvalue weighted by molar-refractivity contribution is 0.581. The molecule has 0 bridgehead atoms. The van der Waals surface area contributed by atoms with E-state index in [9.17, 15) is 0 Å². The minimum atomic E-state index is 0.347. The zero-order chi connectivity index (χ0) is 14.5. The first kappa shape index (κ1) is 15.0. The molecule has 5 nitrogen and oxygen atoms in total. The van der Waals surface area contributed by atoms with Crippen LogP contribution in [0.3, 0.4) is 0 Å². The van der Waals surface area contributed by atoms with Gasteiger partial charge in [0, 0.05) is 44.2 Å². The molecule has 112 valence electrons. The summed E-state index contributed by atoms with van der Waals surface area (Å²) >= 11 is 0. The van der Waals surface area contributed by atoms with Crippen molar-refractivity contribution in [2.75, 3.05) is 42.9 Å². The summed E-state index contributed by atoms with van der Waals surface area (Å²) in [6.45, 7) is 13.6. The summed E-state index contributed by atoms with van der Waals surface area (Å²) in [5, 5.41) is 6.83. The summed E-state index contributed by atoms with van der Waals surface area (Å²) in [7, 11) is 0. The normalized spacial score (nSPS) is 15.8. The third kappa shape index (κ3) is 3.39. The average Bonchev–Trinajstić information content (AvgIpc) is 2.47. The summed E-state index contributed by atoms with van der Waals surface area (Å²) < 4.78 is 0. The second kappa shape index (κ2) is 6.88. The third-order valence-electron chi connectivity index (χ3n) is 3.61. The highest BCUT2D eigenvalue weighted by molar-refractivity contribution is 5.59. The van der Waals surface area contributed by atoms with Gasteiger partial charge in [-0.1, -0.05) is 20.8 Å². The molecule has 5 heteroatoms. The van der Waals surface area contributed by atoms with Crippen LogP contribution in [0.4, 0.5) is 11.6 Å². The summed E-state index contributed by atoms with van der Waals surface area (Å²) in [5.41, 5.74) is 1.17. The number of piperazine rings is 1. The average molecular weight is 277 g/mol. The highest BCUT2D eigenvalue weighted by Crippen LogP contribution is 2.26. The van der Waals surface area contributed by atoms with E-state index in [1.165, 1.54) is 5.56 Å². The maximum Gasteiger partial charge on any atom is 0.137 e. The van der Waals surface area contributed by atoms with Crippen LogP contribution in [0.1, 0.15) is 44.5 Å². The number of aromatic nitrogens is 2. The van der Waals surface area contributed by atoms with Crippen molar-refractivity contribution in [3.63, 3.8) is 0 Å². The second-order valence-corrected chi connectivity index (χ2v) is 5.70. The molecule has 1 aliphatic rings. The van der Waals surface area contributed by atoms with Crippen molar-refractivity contribution in [3.8, 4) is 0 Å². The molecule has 0 spiro atoms. The molecule has 0 atom stereocenters. The molecule has 2 rings (SSSR count). The fourth-order valence-electron chi connectivity index (χ4n) is 2.38. The van der Waals surface area contributed by atoms with Crippen LogP contribution in [0.15, 0.2) is 0 Å². The van der Waals surface area contributed by atoms with Gasteiger partial charge in [0.05, 0.1) is 0 Å². The van der Waals surface area contributed by atoms with Crippen molar-refractivity contribution in [1.82, 2.24) is 15.3 Å². The Balaban J connectivity index is 2.34. The lowest BCUT2D eigenvalue weighted by Crippen LogP contribution is -2.44. The van der Waals surface area contributed by atoms with Crippen molar-refractivity contribution in [1.29, 1.82) is 0 Å². The van der Waals surface area contributed by atoms with Gasteiger partial charge < -0.3 is 15.5 Å².